The van der Waals surface area contributed by atoms with Gasteiger partial charge >= 0.3 is 0 Å². The summed E-state index contributed by atoms with van der Waals surface area (Å²) in [5.41, 5.74) is 7.12. The van der Waals surface area contributed by atoms with Gasteiger partial charge in [-0.3, -0.25) is 4.90 Å². The molecular weight excluding hydrogens is 208 g/mol. The molecule has 2 unspecified atom stereocenters. The molecule has 0 saturated carbocycles. The maximum atomic E-state index is 5.74. The minimum Gasteiger partial charge on any atom is -0.330 e. The third-order valence-corrected chi connectivity index (χ3v) is 3.45. The molecule has 1 rings (SSSR count). The van der Waals surface area contributed by atoms with E-state index >= 15 is 0 Å². The summed E-state index contributed by atoms with van der Waals surface area (Å²) in [6.45, 7) is 6.43. The monoisotopic (exact) mass is 234 g/mol. The molecule has 0 fully saturated rings. The Kier molecular flexibility index (Phi) is 6.23. The second kappa shape index (κ2) is 7.46. The molecular formula is C15H26N2. The zero-order chi connectivity index (χ0) is 12.7. The topological polar surface area (TPSA) is 29.3 Å². The molecule has 96 valence electrons. The molecule has 0 aliphatic heterocycles. The van der Waals surface area contributed by atoms with E-state index in [0.717, 1.165) is 25.4 Å². The second-order valence-electron chi connectivity index (χ2n) is 4.96. The van der Waals surface area contributed by atoms with Crippen LogP contribution in [0.4, 0.5) is 0 Å². The number of nitrogens with zero attached hydrogens (tertiary/aromatic N) is 1. The Morgan fingerprint density at radius 1 is 1.24 bits per heavy atom. The van der Waals surface area contributed by atoms with Crippen LogP contribution in [0.3, 0.4) is 0 Å². The van der Waals surface area contributed by atoms with Crippen LogP contribution in [0.5, 0.6) is 0 Å². The first-order valence-corrected chi connectivity index (χ1v) is 6.64. The van der Waals surface area contributed by atoms with Gasteiger partial charge in [0, 0.05) is 12.6 Å². The first kappa shape index (κ1) is 14.2. The summed E-state index contributed by atoms with van der Waals surface area (Å²) in [5, 5.41) is 0. The fourth-order valence-corrected chi connectivity index (χ4v) is 2.22. The van der Waals surface area contributed by atoms with Gasteiger partial charge in [-0.2, -0.15) is 0 Å². The minimum absolute atomic E-state index is 0.454. The van der Waals surface area contributed by atoms with Crippen molar-refractivity contribution >= 4 is 0 Å². The molecule has 17 heavy (non-hydrogen) atoms. The van der Waals surface area contributed by atoms with Crippen molar-refractivity contribution in [3.05, 3.63) is 35.9 Å². The Morgan fingerprint density at radius 3 is 2.41 bits per heavy atom. The lowest BCUT2D eigenvalue weighted by atomic mass is 10.0. The first-order chi connectivity index (χ1) is 8.19. The average Bonchev–Trinajstić information content (AvgIpc) is 2.36. The molecule has 1 aromatic carbocycles. The maximum absolute atomic E-state index is 5.74. The molecule has 2 atom stereocenters. The van der Waals surface area contributed by atoms with Gasteiger partial charge in [-0.15, -0.1) is 0 Å². The molecule has 0 saturated heterocycles. The summed E-state index contributed by atoms with van der Waals surface area (Å²) in [6, 6.07) is 11.1. The van der Waals surface area contributed by atoms with E-state index < -0.39 is 0 Å². The Hall–Kier alpha value is -0.860. The zero-order valence-electron chi connectivity index (χ0n) is 11.4. The Morgan fingerprint density at radius 2 is 1.88 bits per heavy atom. The van der Waals surface area contributed by atoms with E-state index in [-0.39, 0.29) is 0 Å². The van der Waals surface area contributed by atoms with Gasteiger partial charge in [-0.05, 0) is 31.5 Å². The van der Waals surface area contributed by atoms with Crippen LogP contribution in [0.25, 0.3) is 0 Å². The molecule has 2 N–H and O–H groups in total. The van der Waals surface area contributed by atoms with Gasteiger partial charge in [0.25, 0.3) is 0 Å². The highest BCUT2D eigenvalue weighted by atomic mass is 15.1. The molecule has 2 nitrogen and oxygen atoms in total. The van der Waals surface area contributed by atoms with Crippen molar-refractivity contribution < 1.29 is 0 Å². The number of rotatable bonds is 7. The predicted octanol–water partition coefficient (Wildman–Crippen LogP) is 3.05. The summed E-state index contributed by atoms with van der Waals surface area (Å²) in [7, 11) is 2.21. The van der Waals surface area contributed by atoms with Crippen molar-refractivity contribution in [2.45, 2.75) is 32.7 Å². The van der Waals surface area contributed by atoms with Crippen LogP contribution in [-0.4, -0.2) is 25.0 Å². The molecule has 0 aromatic heterocycles. The molecule has 0 heterocycles. The van der Waals surface area contributed by atoms with Crippen LogP contribution in [0.1, 0.15) is 38.3 Å². The molecule has 0 aliphatic carbocycles. The third-order valence-electron chi connectivity index (χ3n) is 3.45. The van der Waals surface area contributed by atoms with Crippen LogP contribution >= 0.6 is 0 Å². The number of benzene rings is 1. The largest absolute Gasteiger partial charge is 0.330 e. The van der Waals surface area contributed by atoms with E-state index in [2.05, 4.69) is 56.1 Å². The Labute approximate surface area is 106 Å². The van der Waals surface area contributed by atoms with Crippen LogP contribution in [0.15, 0.2) is 30.3 Å². The van der Waals surface area contributed by atoms with E-state index in [4.69, 9.17) is 5.73 Å². The van der Waals surface area contributed by atoms with E-state index in [1.54, 1.807) is 0 Å². The molecule has 0 radical (unpaired) electrons. The van der Waals surface area contributed by atoms with Gasteiger partial charge in [-0.25, -0.2) is 0 Å². The summed E-state index contributed by atoms with van der Waals surface area (Å²) in [6.07, 6.45) is 2.26. The van der Waals surface area contributed by atoms with Crippen molar-refractivity contribution in [1.82, 2.24) is 4.90 Å². The smallest absolute Gasteiger partial charge is 0.0357 e. The predicted molar refractivity (Wildman–Crippen MR) is 74.9 cm³/mol. The van der Waals surface area contributed by atoms with Gasteiger partial charge in [0.1, 0.15) is 0 Å². The summed E-state index contributed by atoms with van der Waals surface area (Å²) in [4.78, 5) is 2.44. The highest BCUT2D eigenvalue weighted by Crippen LogP contribution is 2.23. The van der Waals surface area contributed by atoms with Gasteiger partial charge in [-0.1, -0.05) is 50.6 Å². The molecule has 1 aromatic rings. The lowest BCUT2D eigenvalue weighted by Crippen LogP contribution is -2.30. The molecule has 0 spiro atoms. The van der Waals surface area contributed by atoms with Crippen LogP contribution in [0.2, 0.25) is 0 Å². The maximum Gasteiger partial charge on any atom is 0.0357 e. The summed E-state index contributed by atoms with van der Waals surface area (Å²) < 4.78 is 0. The van der Waals surface area contributed by atoms with Crippen molar-refractivity contribution in [2.24, 2.45) is 11.7 Å². The van der Waals surface area contributed by atoms with Crippen molar-refractivity contribution in [2.75, 3.05) is 20.1 Å². The van der Waals surface area contributed by atoms with Gasteiger partial charge < -0.3 is 5.73 Å². The summed E-state index contributed by atoms with van der Waals surface area (Å²) in [5.74, 6) is 0.740. The quantitative estimate of drug-likeness (QED) is 0.785. The van der Waals surface area contributed by atoms with Crippen LogP contribution in [-0.2, 0) is 0 Å². The Bertz CT molecular complexity index is 297. The van der Waals surface area contributed by atoms with Crippen molar-refractivity contribution in [1.29, 1.82) is 0 Å². The fraction of sp³-hybridized carbons (Fsp3) is 0.600. The second-order valence-corrected chi connectivity index (χ2v) is 4.96. The first-order valence-electron chi connectivity index (χ1n) is 6.64. The molecule has 0 bridgehead atoms. The normalized spacial score (nSPS) is 14.9. The van der Waals surface area contributed by atoms with Gasteiger partial charge in [0.05, 0.1) is 0 Å². The number of hydrogen-bond donors (Lipinski definition) is 1. The van der Waals surface area contributed by atoms with Crippen molar-refractivity contribution in [3.63, 3.8) is 0 Å². The van der Waals surface area contributed by atoms with Gasteiger partial charge in [0.15, 0.2) is 0 Å². The highest BCUT2D eigenvalue weighted by Gasteiger charge is 2.17. The lowest BCUT2D eigenvalue weighted by Gasteiger charge is -2.30. The van der Waals surface area contributed by atoms with E-state index in [0.29, 0.717) is 6.04 Å². The van der Waals surface area contributed by atoms with E-state index in [1.807, 2.05) is 0 Å². The molecule has 0 amide bonds. The summed E-state index contributed by atoms with van der Waals surface area (Å²) >= 11 is 0. The van der Waals surface area contributed by atoms with E-state index in [1.165, 1.54) is 12.0 Å². The number of nitrogens with two attached hydrogens (primary N) is 1. The van der Waals surface area contributed by atoms with Crippen LogP contribution < -0.4 is 5.73 Å². The average molecular weight is 234 g/mol. The fourth-order valence-electron chi connectivity index (χ4n) is 2.22. The standard InChI is InChI=1S/C15H26N2/c1-4-13(2)12-17(3)15(10-11-16)14-8-6-5-7-9-14/h5-9,13,15H,4,10-12,16H2,1-3H3. The molecule has 0 aliphatic rings. The van der Waals surface area contributed by atoms with E-state index in [9.17, 15) is 0 Å². The zero-order valence-corrected chi connectivity index (χ0v) is 11.4. The lowest BCUT2D eigenvalue weighted by molar-refractivity contribution is 0.203. The number of hydrogen-bond acceptors (Lipinski definition) is 2. The van der Waals surface area contributed by atoms with Crippen molar-refractivity contribution in [3.8, 4) is 0 Å². The SMILES string of the molecule is CCC(C)CN(C)C(CCN)c1ccccc1. The highest BCUT2D eigenvalue weighted by molar-refractivity contribution is 5.19. The minimum atomic E-state index is 0.454. The van der Waals surface area contributed by atoms with Gasteiger partial charge in [0.2, 0.25) is 0 Å². The molecule has 2 heteroatoms. The third kappa shape index (κ3) is 4.49. The van der Waals surface area contributed by atoms with Crippen LogP contribution in [0, 0.1) is 5.92 Å². The Balaban J connectivity index is 2.71.